The molecule has 0 radical (unpaired) electrons. The lowest BCUT2D eigenvalue weighted by Crippen LogP contribution is -2.06. The molecule has 0 aromatic carbocycles. The number of unbranched alkanes of at least 4 members (excludes halogenated alkanes) is 1. The molecule has 9 heteroatoms. The average Bonchev–Trinajstić information content (AvgIpc) is 2.41. The summed E-state index contributed by atoms with van der Waals surface area (Å²) in [5, 5.41) is 16.5. The molecule has 116 valence electrons. The number of carbonyl (C=O) groups is 4. The van der Waals surface area contributed by atoms with Gasteiger partial charge in [0.15, 0.2) is 0 Å². The van der Waals surface area contributed by atoms with Gasteiger partial charge in [-0.2, -0.15) is 4.89 Å². The Morgan fingerprint density at radius 2 is 1.29 bits per heavy atom. The van der Waals surface area contributed by atoms with Gasteiger partial charge in [-0.25, -0.2) is 19.2 Å². The Morgan fingerprint density at radius 3 is 1.86 bits per heavy atom. The smallest absolute Gasteiger partial charge is 0.366 e. The number of carboxylic acids is 2. The van der Waals surface area contributed by atoms with Crippen molar-refractivity contribution in [2.24, 2.45) is 0 Å². The van der Waals surface area contributed by atoms with Crippen LogP contribution in [0.2, 0.25) is 0 Å². The molecule has 0 unspecified atom stereocenters. The maximum absolute atomic E-state index is 10.9. The minimum Gasteiger partial charge on any atom is -0.478 e. The summed E-state index contributed by atoms with van der Waals surface area (Å²) >= 11 is 0. The van der Waals surface area contributed by atoms with Crippen LogP contribution in [0, 0.1) is 0 Å². The van der Waals surface area contributed by atoms with Crippen LogP contribution in [0.1, 0.15) is 12.8 Å². The number of carboxylic acid groups (broad SMARTS) is 2. The number of esters is 1. The zero-order valence-corrected chi connectivity index (χ0v) is 10.9. The van der Waals surface area contributed by atoms with Crippen LogP contribution in [0.3, 0.4) is 0 Å². The van der Waals surface area contributed by atoms with Crippen LogP contribution >= 0.6 is 0 Å². The van der Waals surface area contributed by atoms with E-state index < -0.39 is 23.9 Å². The molecule has 0 rings (SSSR count). The molecule has 0 aromatic heterocycles. The van der Waals surface area contributed by atoms with Crippen molar-refractivity contribution in [2.75, 3.05) is 13.2 Å². The molecule has 0 fully saturated rings. The first-order valence-corrected chi connectivity index (χ1v) is 5.74. The van der Waals surface area contributed by atoms with E-state index in [2.05, 4.69) is 14.5 Å². The van der Waals surface area contributed by atoms with E-state index >= 15 is 0 Å². The van der Waals surface area contributed by atoms with Crippen molar-refractivity contribution in [1.29, 1.82) is 0 Å². The van der Waals surface area contributed by atoms with Gasteiger partial charge in [0.05, 0.1) is 13.2 Å². The molecule has 0 heterocycles. The first-order valence-electron chi connectivity index (χ1n) is 5.74. The van der Waals surface area contributed by atoms with Crippen LogP contribution in [0.25, 0.3) is 0 Å². The Labute approximate surface area is 119 Å². The summed E-state index contributed by atoms with van der Waals surface area (Å²) in [5.41, 5.74) is 0. The molecule has 0 aliphatic carbocycles. The molecule has 0 aromatic rings. The lowest BCUT2D eigenvalue weighted by atomic mass is 10.3. The van der Waals surface area contributed by atoms with Crippen LogP contribution < -0.4 is 0 Å². The summed E-state index contributed by atoms with van der Waals surface area (Å²) in [6, 6.07) is 0. The first-order chi connectivity index (χ1) is 9.91. The van der Waals surface area contributed by atoms with Crippen LogP contribution in [0.4, 0.5) is 0 Å². The predicted octanol–water partition coefficient (Wildman–Crippen LogP) is 0.0662. The molecule has 0 bridgehead atoms. The second-order valence-electron chi connectivity index (χ2n) is 3.44. The molecule has 0 aliphatic rings. The van der Waals surface area contributed by atoms with E-state index in [9.17, 15) is 19.2 Å². The van der Waals surface area contributed by atoms with Crippen molar-refractivity contribution in [1.82, 2.24) is 0 Å². The molecule has 9 nitrogen and oxygen atoms in total. The third kappa shape index (κ3) is 13.6. The zero-order chi connectivity index (χ0) is 16.1. The van der Waals surface area contributed by atoms with Gasteiger partial charge in [0, 0.05) is 24.3 Å². The fraction of sp³-hybridized carbons (Fsp3) is 0.333. The number of aliphatic carboxylic acids is 2. The molecular weight excluding hydrogens is 288 g/mol. The van der Waals surface area contributed by atoms with Gasteiger partial charge in [-0.3, -0.25) is 4.89 Å². The van der Waals surface area contributed by atoms with Crippen molar-refractivity contribution >= 4 is 23.9 Å². The van der Waals surface area contributed by atoms with Crippen LogP contribution in [0.15, 0.2) is 24.3 Å². The Kier molecular flexibility index (Phi) is 9.75. The first kappa shape index (κ1) is 18.3. The standard InChI is InChI=1S/C12H14O9/c13-9(14)3-5-11(17)19-7-1-2-8-20-21-12(18)6-4-10(15)16/h3-6H,1-2,7-8H2,(H,13,14)(H,15,16)/b5-3-,6-4-. The largest absolute Gasteiger partial charge is 0.478 e. The lowest BCUT2D eigenvalue weighted by Gasteiger charge is -2.02. The molecule has 0 saturated heterocycles. The summed E-state index contributed by atoms with van der Waals surface area (Å²) in [7, 11) is 0. The topological polar surface area (TPSA) is 136 Å². The Hall–Kier alpha value is -2.68. The lowest BCUT2D eigenvalue weighted by molar-refractivity contribution is -0.267. The second-order valence-corrected chi connectivity index (χ2v) is 3.44. The number of hydrogen-bond acceptors (Lipinski definition) is 7. The van der Waals surface area contributed by atoms with E-state index in [-0.39, 0.29) is 13.2 Å². The summed E-state index contributed by atoms with van der Waals surface area (Å²) in [6.07, 6.45) is 3.57. The molecule has 0 aliphatic heterocycles. The normalized spacial score (nSPS) is 10.7. The van der Waals surface area contributed by atoms with Crippen molar-refractivity contribution in [3.63, 3.8) is 0 Å². The zero-order valence-electron chi connectivity index (χ0n) is 10.9. The molecule has 21 heavy (non-hydrogen) atoms. The quantitative estimate of drug-likeness (QED) is 0.189. The number of hydrogen-bond donors (Lipinski definition) is 2. The Balaban J connectivity index is 3.52. The highest BCUT2D eigenvalue weighted by Gasteiger charge is 2.01. The van der Waals surface area contributed by atoms with Crippen LogP contribution in [-0.2, 0) is 33.7 Å². The van der Waals surface area contributed by atoms with Gasteiger partial charge in [0.25, 0.3) is 0 Å². The van der Waals surface area contributed by atoms with Gasteiger partial charge in [-0.05, 0) is 12.8 Å². The highest BCUT2D eigenvalue weighted by Crippen LogP contribution is 1.94. The molecule has 0 spiro atoms. The van der Waals surface area contributed by atoms with Crippen molar-refractivity contribution in [2.45, 2.75) is 12.8 Å². The third-order valence-electron chi connectivity index (χ3n) is 1.73. The maximum Gasteiger partial charge on any atom is 0.366 e. The Bertz CT molecular complexity index is 396. The van der Waals surface area contributed by atoms with Crippen molar-refractivity contribution < 1.29 is 43.9 Å². The van der Waals surface area contributed by atoms with Gasteiger partial charge in [-0.15, -0.1) is 0 Å². The van der Waals surface area contributed by atoms with Gasteiger partial charge >= 0.3 is 23.9 Å². The third-order valence-corrected chi connectivity index (χ3v) is 1.73. The van der Waals surface area contributed by atoms with E-state index in [1.165, 1.54) is 0 Å². The van der Waals surface area contributed by atoms with E-state index in [0.29, 0.717) is 31.1 Å². The molecule has 2 N–H and O–H groups in total. The van der Waals surface area contributed by atoms with E-state index in [1.807, 2.05) is 0 Å². The SMILES string of the molecule is O=C(O)/C=C\C(=O)OCCCCOOC(=O)/C=C\C(=O)O. The predicted molar refractivity (Wildman–Crippen MR) is 65.8 cm³/mol. The summed E-state index contributed by atoms with van der Waals surface area (Å²) < 4.78 is 4.66. The second kappa shape index (κ2) is 11.2. The molecule has 0 saturated carbocycles. The van der Waals surface area contributed by atoms with Crippen molar-refractivity contribution in [3.05, 3.63) is 24.3 Å². The number of rotatable bonds is 10. The summed E-state index contributed by atoms with van der Waals surface area (Å²) in [4.78, 5) is 50.6. The van der Waals surface area contributed by atoms with Crippen molar-refractivity contribution in [3.8, 4) is 0 Å². The minimum atomic E-state index is -1.29. The van der Waals surface area contributed by atoms with Gasteiger partial charge < -0.3 is 14.9 Å². The van der Waals surface area contributed by atoms with E-state index in [1.54, 1.807) is 0 Å². The highest BCUT2D eigenvalue weighted by molar-refractivity contribution is 5.91. The molecule has 0 atom stereocenters. The van der Waals surface area contributed by atoms with Crippen LogP contribution in [-0.4, -0.2) is 47.3 Å². The van der Waals surface area contributed by atoms with Gasteiger partial charge in [0.2, 0.25) is 0 Å². The minimum absolute atomic E-state index is 0.0369. The van der Waals surface area contributed by atoms with Gasteiger partial charge in [-0.1, -0.05) is 0 Å². The number of carbonyl (C=O) groups excluding carboxylic acids is 2. The Morgan fingerprint density at radius 1 is 0.762 bits per heavy atom. The molecule has 0 amide bonds. The van der Waals surface area contributed by atoms with E-state index in [0.717, 1.165) is 6.08 Å². The fourth-order valence-corrected chi connectivity index (χ4v) is 0.890. The highest BCUT2D eigenvalue weighted by atomic mass is 17.2. The summed E-state index contributed by atoms with van der Waals surface area (Å²) in [5.74, 6) is -4.27. The average molecular weight is 302 g/mol. The number of ether oxygens (including phenoxy) is 1. The maximum atomic E-state index is 10.9. The molecular formula is C12H14O9. The monoisotopic (exact) mass is 302 g/mol. The van der Waals surface area contributed by atoms with E-state index in [4.69, 9.17) is 10.2 Å². The van der Waals surface area contributed by atoms with Crippen LogP contribution in [0.5, 0.6) is 0 Å². The fourth-order valence-electron chi connectivity index (χ4n) is 0.890. The van der Waals surface area contributed by atoms with Gasteiger partial charge in [0.1, 0.15) is 0 Å². The summed E-state index contributed by atoms with van der Waals surface area (Å²) in [6.45, 7) is 0.0915.